The lowest BCUT2D eigenvalue weighted by Crippen LogP contribution is -2.43. The first-order valence-electron chi connectivity index (χ1n) is 9.21. The summed E-state index contributed by atoms with van der Waals surface area (Å²) >= 11 is 0. The predicted molar refractivity (Wildman–Crippen MR) is 106 cm³/mol. The maximum absolute atomic E-state index is 12.2. The third kappa shape index (κ3) is 5.63. The summed E-state index contributed by atoms with van der Waals surface area (Å²) in [5.41, 5.74) is 2.86. The van der Waals surface area contributed by atoms with E-state index < -0.39 is 41.1 Å². The zero-order valence-electron chi connectivity index (χ0n) is 16.1. The lowest BCUT2D eigenvalue weighted by atomic mass is 10.1. The van der Waals surface area contributed by atoms with Crippen molar-refractivity contribution in [2.24, 2.45) is 5.92 Å². The molecule has 1 fully saturated rings. The van der Waals surface area contributed by atoms with Gasteiger partial charge in [-0.05, 0) is 24.3 Å². The van der Waals surface area contributed by atoms with Crippen LogP contribution < -0.4 is 10.7 Å². The highest BCUT2D eigenvalue weighted by Gasteiger charge is 2.36. The minimum Gasteiger partial charge on any atom is -0.455 e. The SMILES string of the molecule is O=C(COC(=O)[C@@H]1CC(=O)N(NC(=O)c2ccc([N+](=O)[O-])cc2)C1)Nc1ccccc1. The van der Waals surface area contributed by atoms with Crippen LogP contribution in [0.15, 0.2) is 54.6 Å². The summed E-state index contributed by atoms with van der Waals surface area (Å²) in [4.78, 5) is 58.5. The number of carbonyl (C=O) groups excluding carboxylic acids is 4. The van der Waals surface area contributed by atoms with E-state index in [0.717, 1.165) is 5.01 Å². The standard InChI is InChI=1S/C20H18N4O7/c25-17(21-15-4-2-1-3-5-15)12-31-20(28)14-10-18(26)23(11-14)22-19(27)13-6-8-16(9-7-13)24(29)30/h1-9,14H,10-12H2,(H,21,25)(H,22,27)/t14-/m1/s1. The molecule has 0 unspecified atom stereocenters. The first kappa shape index (κ1) is 21.4. The minimum absolute atomic E-state index is 0.113. The molecule has 1 atom stereocenters. The zero-order chi connectivity index (χ0) is 22.4. The van der Waals surface area contributed by atoms with Crippen molar-refractivity contribution in [3.63, 3.8) is 0 Å². The Morgan fingerprint density at radius 3 is 2.42 bits per heavy atom. The zero-order valence-corrected chi connectivity index (χ0v) is 16.1. The highest BCUT2D eigenvalue weighted by atomic mass is 16.6. The Labute approximate surface area is 176 Å². The Bertz CT molecular complexity index is 1010. The topological polar surface area (TPSA) is 148 Å². The summed E-state index contributed by atoms with van der Waals surface area (Å²) in [5.74, 6) is -3.24. The fraction of sp³-hybridized carbons (Fsp3) is 0.200. The molecule has 1 aliphatic rings. The van der Waals surface area contributed by atoms with Crippen molar-refractivity contribution >= 4 is 35.1 Å². The van der Waals surface area contributed by atoms with Crippen molar-refractivity contribution in [1.82, 2.24) is 10.4 Å². The van der Waals surface area contributed by atoms with Crippen LogP contribution in [0.5, 0.6) is 0 Å². The number of anilines is 1. The monoisotopic (exact) mass is 426 g/mol. The normalized spacial score (nSPS) is 15.3. The van der Waals surface area contributed by atoms with Gasteiger partial charge in [0, 0.05) is 29.8 Å². The quantitative estimate of drug-likeness (QED) is 0.385. The van der Waals surface area contributed by atoms with Gasteiger partial charge in [0.2, 0.25) is 5.91 Å². The number of nitro benzene ring substituents is 1. The third-order valence-corrected chi connectivity index (χ3v) is 4.44. The van der Waals surface area contributed by atoms with Gasteiger partial charge in [-0.2, -0.15) is 0 Å². The first-order chi connectivity index (χ1) is 14.8. The molecule has 3 rings (SSSR count). The summed E-state index contributed by atoms with van der Waals surface area (Å²) in [6, 6.07) is 13.5. The van der Waals surface area contributed by atoms with Gasteiger partial charge in [-0.25, -0.2) is 0 Å². The molecule has 1 saturated heterocycles. The van der Waals surface area contributed by atoms with Gasteiger partial charge < -0.3 is 10.1 Å². The molecule has 0 saturated carbocycles. The number of hydrogen-bond acceptors (Lipinski definition) is 7. The molecular formula is C20H18N4O7. The number of carbonyl (C=O) groups is 4. The van der Waals surface area contributed by atoms with E-state index in [1.165, 1.54) is 24.3 Å². The number of nitro groups is 1. The van der Waals surface area contributed by atoms with Crippen molar-refractivity contribution in [3.8, 4) is 0 Å². The second-order valence-electron chi connectivity index (χ2n) is 6.67. The van der Waals surface area contributed by atoms with E-state index in [9.17, 15) is 29.3 Å². The molecule has 2 aromatic carbocycles. The molecule has 11 nitrogen and oxygen atoms in total. The van der Waals surface area contributed by atoms with E-state index in [0.29, 0.717) is 5.69 Å². The van der Waals surface area contributed by atoms with Gasteiger partial charge in [0.25, 0.3) is 17.5 Å². The van der Waals surface area contributed by atoms with E-state index in [-0.39, 0.29) is 24.2 Å². The van der Waals surface area contributed by atoms with E-state index in [4.69, 9.17) is 4.74 Å². The number of hydrogen-bond donors (Lipinski definition) is 2. The molecule has 11 heteroatoms. The van der Waals surface area contributed by atoms with E-state index >= 15 is 0 Å². The van der Waals surface area contributed by atoms with E-state index in [2.05, 4.69) is 10.7 Å². The maximum atomic E-state index is 12.2. The fourth-order valence-corrected chi connectivity index (χ4v) is 2.87. The van der Waals surface area contributed by atoms with Crippen LogP contribution in [-0.2, 0) is 19.1 Å². The lowest BCUT2D eigenvalue weighted by Gasteiger charge is -2.17. The molecule has 2 aromatic rings. The molecule has 160 valence electrons. The van der Waals surface area contributed by atoms with Crippen LogP contribution in [-0.4, -0.2) is 46.8 Å². The molecule has 3 amide bonds. The van der Waals surface area contributed by atoms with Crippen molar-refractivity contribution in [2.75, 3.05) is 18.5 Å². The number of amides is 3. The molecule has 1 heterocycles. The summed E-state index contributed by atoms with van der Waals surface area (Å²) in [6.07, 6.45) is -0.181. The van der Waals surface area contributed by atoms with Gasteiger partial charge in [-0.15, -0.1) is 0 Å². The second-order valence-corrected chi connectivity index (χ2v) is 6.67. The van der Waals surface area contributed by atoms with Crippen molar-refractivity contribution in [2.45, 2.75) is 6.42 Å². The Morgan fingerprint density at radius 2 is 1.77 bits per heavy atom. The average molecular weight is 426 g/mol. The number of benzene rings is 2. The van der Waals surface area contributed by atoms with Gasteiger partial charge in [0.1, 0.15) is 0 Å². The third-order valence-electron chi connectivity index (χ3n) is 4.44. The molecule has 2 N–H and O–H groups in total. The Morgan fingerprint density at radius 1 is 1.10 bits per heavy atom. The number of ether oxygens (including phenoxy) is 1. The number of rotatable bonds is 7. The van der Waals surface area contributed by atoms with Gasteiger partial charge in [-0.3, -0.25) is 39.7 Å². The largest absolute Gasteiger partial charge is 0.455 e. The number of nitrogens with zero attached hydrogens (tertiary/aromatic N) is 2. The van der Waals surface area contributed by atoms with Crippen LogP contribution in [0.3, 0.4) is 0 Å². The van der Waals surface area contributed by atoms with Crippen LogP contribution in [0.25, 0.3) is 0 Å². The average Bonchev–Trinajstić information content (AvgIpc) is 3.13. The van der Waals surface area contributed by atoms with Gasteiger partial charge in [-0.1, -0.05) is 18.2 Å². The van der Waals surface area contributed by atoms with Gasteiger partial charge >= 0.3 is 5.97 Å². The lowest BCUT2D eigenvalue weighted by molar-refractivity contribution is -0.384. The highest BCUT2D eigenvalue weighted by Crippen LogP contribution is 2.18. The number of non-ortho nitro benzene ring substituents is 1. The number of para-hydroxylation sites is 1. The highest BCUT2D eigenvalue weighted by molar-refractivity contribution is 5.97. The Hall–Kier alpha value is -4.28. The minimum atomic E-state index is -0.839. The Kier molecular flexibility index (Phi) is 6.55. The molecule has 0 radical (unpaired) electrons. The van der Waals surface area contributed by atoms with Crippen molar-refractivity contribution in [1.29, 1.82) is 0 Å². The molecular weight excluding hydrogens is 408 g/mol. The van der Waals surface area contributed by atoms with Crippen molar-refractivity contribution < 1.29 is 28.8 Å². The summed E-state index contributed by atoms with van der Waals surface area (Å²) in [5, 5.41) is 14.2. The van der Waals surface area contributed by atoms with Crippen LogP contribution in [0.2, 0.25) is 0 Å². The number of hydrazine groups is 1. The van der Waals surface area contributed by atoms with Gasteiger partial charge in [0.05, 0.1) is 17.4 Å². The summed E-state index contributed by atoms with van der Waals surface area (Å²) in [7, 11) is 0. The molecule has 0 spiro atoms. The number of esters is 1. The van der Waals surface area contributed by atoms with E-state index in [1.807, 2.05) is 0 Å². The molecule has 0 bridgehead atoms. The summed E-state index contributed by atoms with van der Waals surface area (Å²) < 4.78 is 4.98. The van der Waals surface area contributed by atoms with Crippen LogP contribution >= 0.6 is 0 Å². The first-order valence-corrected chi connectivity index (χ1v) is 9.21. The molecule has 0 aliphatic carbocycles. The van der Waals surface area contributed by atoms with Crippen LogP contribution in [0.4, 0.5) is 11.4 Å². The van der Waals surface area contributed by atoms with Crippen molar-refractivity contribution in [3.05, 3.63) is 70.3 Å². The Balaban J connectivity index is 1.48. The predicted octanol–water partition coefficient (Wildman–Crippen LogP) is 1.27. The smallest absolute Gasteiger partial charge is 0.311 e. The molecule has 1 aliphatic heterocycles. The van der Waals surface area contributed by atoms with Crippen LogP contribution in [0.1, 0.15) is 16.8 Å². The second kappa shape index (κ2) is 9.48. The maximum Gasteiger partial charge on any atom is 0.311 e. The molecule has 31 heavy (non-hydrogen) atoms. The molecule has 0 aromatic heterocycles. The fourth-order valence-electron chi connectivity index (χ4n) is 2.87. The summed E-state index contributed by atoms with van der Waals surface area (Å²) in [6.45, 7) is -0.621. The van der Waals surface area contributed by atoms with Crippen LogP contribution in [0, 0.1) is 16.0 Å². The van der Waals surface area contributed by atoms with E-state index in [1.54, 1.807) is 30.3 Å². The number of nitrogens with one attached hydrogen (secondary N) is 2. The van der Waals surface area contributed by atoms with Gasteiger partial charge in [0.15, 0.2) is 6.61 Å².